The number of rotatable bonds is 2. The normalized spacial score (nSPS) is 10.5. The predicted molar refractivity (Wildman–Crippen MR) is 68.5 cm³/mol. The Kier molecular flexibility index (Phi) is 3.05. The fourth-order valence-electron chi connectivity index (χ4n) is 1.92. The lowest BCUT2D eigenvalue weighted by Gasteiger charge is -2.09. The van der Waals surface area contributed by atoms with E-state index in [0.717, 1.165) is 16.7 Å². The maximum atomic E-state index is 9.83. The summed E-state index contributed by atoms with van der Waals surface area (Å²) in [4.78, 5) is 0. The fourth-order valence-corrected chi connectivity index (χ4v) is 1.92. The van der Waals surface area contributed by atoms with E-state index in [9.17, 15) is 10.2 Å². The van der Waals surface area contributed by atoms with Crippen molar-refractivity contribution in [2.24, 2.45) is 0 Å². The van der Waals surface area contributed by atoms with E-state index in [1.807, 2.05) is 13.8 Å². The average Bonchev–Trinajstić information content (AvgIpc) is 2.26. The minimum atomic E-state index is 0.104. The third kappa shape index (κ3) is 2.59. The summed E-state index contributed by atoms with van der Waals surface area (Å²) in [5.74, 6) is 0.260. The van der Waals surface area contributed by atoms with E-state index in [4.69, 9.17) is 0 Å². The molecule has 0 radical (unpaired) electrons. The molecule has 0 amide bonds. The molecule has 17 heavy (non-hydrogen) atoms. The molecule has 0 fully saturated rings. The summed E-state index contributed by atoms with van der Waals surface area (Å²) in [7, 11) is 0. The van der Waals surface area contributed by atoms with Gasteiger partial charge >= 0.3 is 0 Å². The number of hydrogen-bond acceptors (Lipinski definition) is 2. The highest BCUT2D eigenvalue weighted by molar-refractivity contribution is 5.47. The molecule has 0 saturated carbocycles. The van der Waals surface area contributed by atoms with E-state index >= 15 is 0 Å². The zero-order valence-corrected chi connectivity index (χ0v) is 10.1. The molecule has 0 unspecified atom stereocenters. The summed E-state index contributed by atoms with van der Waals surface area (Å²) in [6.45, 7) is 3.94. The van der Waals surface area contributed by atoms with Crippen LogP contribution in [0.15, 0.2) is 36.4 Å². The highest BCUT2D eigenvalue weighted by Crippen LogP contribution is 2.28. The quantitative estimate of drug-likeness (QED) is 0.828. The minimum absolute atomic E-state index is 0.104. The Balaban J connectivity index is 2.33. The van der Waals surface area contributed by atoms with Gasteiger partial charge in [-0.1, -0.05) is 29.8 Å². The summed E-state index contributed by atoms with van der Waals surface area (Å²) in [6.07, 6.45) is 0.679. The maximum Gasteiger partial charge on any atom is 0.123 e. The van der Waals surface area contributed by atoms with Crippen LogP contribution in [0.5, 0.6) is 11.5 Å². The third-order valence-electron chi connectivity index (χ3n) is 2.94. The van der Waals surface area contributed by atoms with Crippen molar-refractivity contribution >= 4 is 0 Å². The van der Waals surface area contributed by atoms with Gasteiger partial charge in [0.2, 0.25) is 0 Å². The van der Waals surface area contributed by atoms with Crippen molar-refractivity contribution in [1.29, 1.82) is 0 Å². The monoisotopic (exact) mass is 228 g/mol. The Morgan fingerprint density at radius 1 is 0.941 bits per heavy atom. The molecule has 0 atom stereocenters. The van der Waals surface area contributed by atoms with Crippen LogP contribution in [0.2, 0.25) is 0 Å². The Morgan fingerprint density at radius 3 is 2.18 bits per heavy atom. The minimum Gasteiger partial charge on any atom is -0.508 e. The zero-order chi connectivity index (χ0) is 12.4. The Hall–Kier alpha value is -1.96. The summed E-state index contributed by atoms with van der Waals surface area (Å²) in [5.41, 5.74) is 4.15. The van der Waals surface area contributed by atoms with Crippen LogP contribution in [-0.4, -0.2) is 10.2 Å². The molecule has 2 aromatic carbocycles. The van der Waals surface area contributed by atoms with Crippen molar-refractivity contribution in [2.75, 3.05) is 0 Å². The van der Waals surface area contributed by atoms with Crippen LogP contribution in [-0.2, 0) is 6.42 Å². The maximum absolute atomic E-state index is 9.83. The first kappa shape index (κ1) is 11.5. The highest BCUT2D eigenvalue weighted by Gasteiger charge is 2.07. The molecule has 0 bridgehead atoms. The van der Waals surface area contributed by atoms with Crippen molar-refractivity contribution in [3.8, 4) is 11.5 Å². The van der Waals surface area contributed by atoms with Crippen molar-refractivity contribution in [1.82, 2.24) is 0 Å². The predicted octanol–water partition coefficient (Wildman–Crippen LogP) is 3.31. The van der Waals surface area contributed by atoms with E-state index in [2.05, 4.69) is 24.3 Å². The molecule has 0 heterocycles. The van der Waals surface area contributed by atoms with E-state index < -0.39 is 0 Å². The van der Waals surface area contributed by atoms with Crippen LogP contribution in [0.25, 0.3) is 0 Å². The molecule has 2 rings (SSSR count). The van der Waals surface area contributed by atoms with Crippen LogP contribution in [0.3, 0.4) is 0 Å². The van der Waals surface area contributed by atoms with Crippen molar-refractivity contribution in [2.45, 2.75) is 20.3 Å². The van der Waals surface area contributed by atoms with Crippen molar-refractivity contribution in [3.05, 3.63) is 58.7 Å². The molecule has 0 spiro atoms. The molecular formula is C15H16O2. The lowest BCUT2D eigenvalue weighted by Crippen LogP contribution is -1.93. The van der Waals surface area contributed by atoms with Gasteiger partial charge in [-0.25, -0.2) is 0 Å². The van der Waals surface area contributed by atoms with Crippen molar-refractivity contribution in [3.63, 3.8) is 0 Å². The first-order chi connectivity index (χ1) is 8.06. The van der Waals surface area contributed by atoms with Crippen LogP contribution in [0.1, 0.15) is 22.3 Å². The van der Waals surface area contributed by atoms with Crippen molar-refractivity contribution < 1.29 is 10.2 Å². The molecule has 0 aliphatic heterocycles. The molecule has 0 saturated heterocycles. The number of hydrogen-bond donors (Lipinski definition) is 2. The largest absolute Gasteiger partial charge is 0.508 e. The van der Waals surface area contributed by atoms with Gasteiger partial charge in [-0.3, -0.25) is 0 Å². The fraction of sp³-hybridized carbons (Fsp3) is 0.200. The number of aromatic hydroxyl groups is 2. The van der Waals surface area contributed by atoms with Gasteiger partial charge in [0.05, 0.1) is 0 Å². The molecule has 2 nitrogen and oxygen atoms in total. The van der Waals surface area contributed by atoms with Gasteiger partial charge in [-0.2, -0.15) is 0 Å². The summed E-state index contributed by atoms with van der Waals surface area (Å²) < 4.78 is 0. The molecule has 0 aliphatic rings. The molecule has 2 N–H and O–H groups in total. The summed E-state index contributed by atoms with van der Waals surface area (Å²) in [6, 6.07) is 11.3. The van der Waals surface area contributed by atoms with E-state index in [1.54, 1.807) is 6.07 Å². The van der Waals surface area contributed by atoms with Gasteiger partial charge in [-0.15, -0.1) is 0 Å². The second kappa shape index (κ2) is 4.50. The third-order valence-corrected chi connectivity index (χ3v) is 2.94. The topological polar surface area (TPSA) is 40.5 Å². The van der Waals surface area contributed by atoms with Crippen LogP contribution < -0.4 is 0 Å². The second-order valence-electron chi connectivity index (χ2n) is 4.42. The summed E-state index contributed by atoms with van der Waals surface area (Å²) in [5, 5.41) is 19.2. The number of phenolic OH excluding ortho intramolecular Hbond substituents is 2. The van der Waals surface area contributed by atoms with Gasteiger partial charge in [0.1, 0.15) is 11.5 Å². The van der Waals surface area contributed by atoms with E-state index in [1.165, 1.54) is 11.6 Å². The average molecular weight is 228 g/mol. The van der Waals surface area contributed by atoms with Gasteiger partial charge < -0.3 is 10.2 Å². The van der Waals surface area contributed by atoms with Gasteiger partial charge in [0.25, 0.3) is 0 Å². The smallest absolute Gasteiger partial charge is 0.123 e. The Labute approximate surface area is 101 Å². The number of phenols is 2. The SMILES string of the molecule is Cc1ccc(Cc2c(C)cc(O)cc2O)cc1. The molecule has 88 valence electrons. The molecule has 2 heteroatoms. The molecule has 0 aromatic heterocycles. The molecule has 0 aliphatic carbocycles. The summed E-state index contributed by atoms with van der Waals surface area (Å²) >= 11 is 0. The van der Waals surface area contributed by atoms with Gasteiger partial charge in [0, 0.05) is 18.1 Å². The standard InChI is InChI=1S/C15H16O2/c1-10-3-5-12(6-4-10)8-14-11(2)7-13(16)9-15(14)17/h3-7,9,16-17H,8H2,1-2H3. The van der Waals surface area contributed by atoms with Gasteiger partial charge in [0.15, 0.2) is 0 Å². The van der Waals surface area contributed by atoms with Crippen LogP contribution in [0, 0.1) is 13.8 Å². The first-order valence-corrected chi connectivity index (χ1v) is 5.63. The molecule has 2 aromatic rings. The zero-order valence-electron chi connectivity index (χ0n) is 10.1. The Morgan fingerprint density at radius 2 is 1.59 bits per heavy atom. The number of aryl methyl sites for hydroxylation is 2. The molecular weight excluding hydrogens is 212 g/mol. The highest BCUT2D eigenvalue weighted by atomic mass is 16.3. The Bertz CT molecular complexity index is 504. The lowest BCUT2D eigenvalue weighted by atomic mass is 9.98. The lowest BCUT2D eigenvalue weighted by molar-refractivity contribution is 0.446. The first-order valence-electron chi connectivity index (χ1n) is 5.63. The van der Waals surface area contributed by atoms with Crippen LogP contribution in [0.4, 0.5) is 0 Å². The van der Waals surface area contributed by atoms with E-state index in [0.29, 0.717) is 6.42 Å². The van der Waals surface area contributed by atoms with Gasteiger partial charge in [-0.05, 0) is 31.0 Å². The van der Waals surface area contributed by atoms with E-state index in [-0.39, 0.29) is 11.5 Å². The second-order valence-corrected chi connectivity index (χ2v) is 4.42. The number of benzene rings is 2. The van der Waals surface area contributed by atoms with Crippen LogP contribution >= 0.6 is 0 Å².